The van der Waals surface area contributed by atoms with E-state index in [4.69, 9.17) is 4.42 Å². The van der Waals surface area contributed by atoms with Crippen molar-refractivity contribution in [2.75, 3.05) is 26.7 Å². The summed E-state index contributed by atoms with van der Waals surface area (Å²) in [5.74, 6) is -0.206. The summed E-state index contributed by atoms with van der Waals surface area (Å²) in [5.41, 5.74) is 0.586. The maximum absolute atomic E-state index is 12.2. The molecule has 2 aromatic rings. The van der Waals surface area contributed by atoms with Crippen LogP contribution < -0.4 is 5.32 Å². The molecule has 1 aromatic carbocycles. The number of furan rings is 1. The minimum atomic E-state index is -4.21. The number of amides is 1. The van der Waals surface area contributed by atoms with Gasteiger partial charge in [-0.05, 0) is 48.1 Å². The maximum atomic E-state index is 12.2. The Morgan fingerprint density at radius 3 is 2.78 bits per heavy atom. The number of fused-ring (bicyclic) bond motifs is 1. The van der Waals surface area contributed by atoms with Crippen LogP contribution in [-0.4, -0.2) is 43.7 Å². The fraction of sp³-hybridized carbons (Fsp3) is 0.400. The highest BCUT2D eigenvalue weighted by Crippen LogP contribution is 2.26. The van der Waals surface area contributed by atoms with E-state index in [9.17, 15) is 18.0 Å². The lowest BCUT2D eigenvalue weighted by molar-refractivity contribution is -0.143. The van der Waals surface area contributed by atoms with Crippen LogP contribution in [0, 0.1) is 0 Å². The Morgan fingerprint density at radius 2 is 2.13 bits per heavy atom. The molecular formula is C15H16BrF3N2O2. The average molecular weight is 393 g/mol. The van der Waals surface area contributed by atoms with Gasteiger partial charge in [0.1, 0.15) is 5.58 Å². The Morgan fingerprint density at radius 1 is 1.39 bits per heavy atom. The van der Waals surface area contributed by atoms with Crippen molar-refractivity contribution in [1.82, 2.24) is 10.2 Å². The summed E-state index contributed by atoms with van der Waals surface area (Å²) in [6.45, 7) is -0.441. The number of para-hydroxylation sites is 1. The Bertz CT molecular complexity index is 685. The topological polar surface area (TPSA) is 45.5 Å². The Kier molecular flexibility index (Phi) is 5.69. The second-order valence-corrected chi connectivity index (χ2v) is 6.09. The second kappa shape index (κ2) is 7.35. The van der Waals surface area contributed by atoms with E-state index >= 15 is 0 Å². The smallest absolute Gasteiger partial charge is 0.401 e. The molecule has 0 fully saturated rings. The van der Waals surface area contributed by atoms with Gasteiger partial charge >= 0.3 is 6.18 Å². The van der Waals surface area contributed by atoms with Gasteiger partial charge in [0.05, 0.1) is 11.0 Å². The van der Waals surface area contributed by atoms with Crippen LogP contribution in [0.2, 0.25) is 0 Å². The van der Waals surface area contributed by atoms with Crippen molar-refractivity contribution in [1.29, 1.82) is 0 Å². The minimum Gasteiger partial charge on any atom is -0.450 e. The van der Waals surface area contributed by atoms with E-state index < -0.39 is 12.7 Å². The van der Waals surface area contributed by atoms with E-state index in [1.807, 2.05) is 18.2 Å². The Hall–Kier alpha value is -1.54. The molecule has 1 heterocycles. The molecule has 0 aliphatic rings. The van der Waals surface area contributed by atoms with Crippen LogP contribution in [0.4, 0.5) is 13.2 Å². The summed E-state index contributed by atoms with van der Waals surface area (Å²) in [5, 5.41) is 3.44. The van der Waals surface area contributed by atoms with Crippen molar-refractivity contribution in [2.24, 2.45) is 0 Å². The molecule has 0 aliphatic carbocycles. The standard InChI is InChI=1S/C15H16BrF3N2O2/c1-21(9-15(17,18)19)7-3-6-20-14(22)12-8-10-4-2-5-11(16)13(10)23-12/h2,4-5,8H,3,6-7,9H2,1H3,(H,20,22). The Balaban J connectivity index is 1.81. The first kappa shape index (κ1) is 17.8. The van der Waals surface area contributed by atoms with Gasteiger partial charge in [-0.3, -0.25) is 9.69 Å². The molecule has 0 radical (unpaired) electrons. The molecule has 0 atom stereocenters. The molecule has 0 unspecified atom stereocenters. The number of benzene rings is 1. The van der Waals surface area contributed by atoms with E-state index in [0.717, 1.165) is 9.86 Å². The molecule has 2 rings (SSSR count). The van der Waals surface area contributed by atoms with Crippen molar-refractivity contribution < 1.29 is 22.4 Å². The summed E-state index contributed by atoms with van der Waals surface area (Å²) in [6, 6.07) is 7.10. The van der Waals surface area contributed by atoms with Crippen LogP contribution in [0.1, 0.15) is 17.0 Å². The van der Waals surface area contributed by atoms with Crippen LogP contribution in [0.3, 0.4) is 0 Å². The van der Waals surface area contributed by atoms with Crippen LogP contribution in [0.15, 0.2) is 33.2 Å². The maximum Gasteiger partial charge on any atom is 0.401 e. The lowest BCUT2D eigenvalue weighted by atomic mass is 10.2. The van der Waals surface area contributed by atoms with E-state index in [-0.39, 0.29) is 24.8 Å². The van der Waals surface area contributed by atoms with Crippen molar-refractivity contribution in [2.45, 2.75) is 12.6 Å². The van der Waals surface area contributed by atoms with Crippen molar-refractivity contribution in [3.05, 3.63) is 34.5 Å². The third-order valence-electron chi connectivity index (χ3n) is 3.17. The average Bonchev–Trinajstić information content (AvgIpc) is 2.87. The highest BCUT2D eigenvalue weighted by molar-refractivity contribution is 9.10. The quantitative estimate of drug-likeness (QED) is 0.760. The zero-order chi connectivity index (χ0) is 17.0. The normalized spacial score (nSPS) is 12.1. The van der Waals surface area contributed by atoms with Crippen molar-refractivity contribution >= 4 is 32.8 Å². The van der Waals surface area contributed by atoms with E-state index in [1.165, 1.54) is 11.9 Å². The number of halogens is 4. The zero-order valence-corrected chi connectivity index (χ0v) is 14.0. The predicted molar refractivity (Wildman–Crippen MR) is 84.4 cm³/mol. The number of alkyl halides is 3. The molecule has 0 saturated carbocycles. The van der Waals surface area contributed by atoms with Gasteiger partial charge in [0.25, 0.3) is 5.91 Å². The van der Waals surface area contributed by atoms with Gasteiger partial charge in [0.15, 0.2) is 5.76 Å². The van der Waals surface area contributed by atoms with Crippen LogP contribution in [-0.2, 0) is 0 Å². The molecule has 126 valence electrons. The van der Waals surface area contributed by atoms with Crippen LogP contribution in [0.25, 0.3) is 11.0 Å². The van der Waals surface area contributed by atoms with Crippen molar-refractivity contribution in [3.8, 4) is 0 Å². The first-order chi connectivity index (χ1) is 10.8. The summed E-state index contributed by atoms with van der Waals surface area (Å²) in [4.78, 5) is 13.2. The summed E-state index contributed by atoms with van der Waals surface area (Å²) in [6.07, 6.45) is -3.79. The first-order valence-corrected chi connectivity index (χ1v) is 7.77. The fourth-order valence-corrected chi connectivity index (χ4v) is 2.63. The monoisotopic (exact) mass is 392 g/mol. The number of carbonyl (C=O) groups excluding carboxylic acids is 1. The van der Waals surface area contributed by atoms with Gasteiger partial charge in [-0.2, -0.15) is 13.2 Å². The molecule has 23 heavy (non-hydrogen) atoms. The highest BCUT2D eigenvalue weighted by atomic mass is 79.9. The van der Waals surface area contributed by atoms with Gasteiger partial charge < -0.3 is 9.73 Å². The van der Waals surface area contributed by atoms with E-state index in [1.54, 1.807) is 6.07 Å². The molecule has 1 amide bonds. The molecular weight excluding hydrogens is 377 g/mol. The van der Waals surface area contributed by atoms with Gasteiger partial charge in [0, 0.05) is 11.9 Å². The van der Waals surface area contributed by atoms with Gasteiger partial charge in [-0.15, -0.1) is 0 Å². The summed E-state index contributed by atoms with van der Waals surface area (Å²) >= 11 is 3.34. The number of rotatable bonds is 6. The number of carbonyl (C=O) groups is 1. The SMILES string of the molecule is CN(CCCNC(=O)c1cc2cccc(Br)c2o1)CC(F)(F)F. The van der Waals surface area contributed by atoms with Crippen LogP contribution in [0.5, 0.6) is 0 Å². The first-order valence-electron chi connectivity index (χ1n) is 6.98. The molecule has 0 bridgehead atoms. The molecule has 0 saturated heterocycles. The number of nitrogens with zero attached hydrogens (tertiary/aromatic N) is 1. The van der Waals surface area contributed by atoms with Gasteiger partial charge in [-0.25, -0.2) is 0 Å². The molecule has 0 spiro atoms. The molecule has 1 N–H and O–H groups in total. The molecule has 8 heteroatoms. The third-order valence-corrected chi connectivity index (χ3v) is 3.80. The van der Waals surface area contributed by atoms with E-state index in [2.05, 4.69) is 21.2 Å². The van der Waals surface area contributed by atoms with Gasteiger partial charge in [-0.1, -0.05) is 12.1 Å². The lowest BCUT2D eigenvalue weighted by Gasteiger charge is -2.18. The van der Waals surface area contributed by atoms with E-state index in [0.29, 0.717) is 12.0 Å². The fourth-order valence-electron chi connectivity index (χ4n) is 2.16. The lowest BCUT2D eigenvalue weighted by Crippen LogP contribution is -2.33. The minimum absolute atomic E-state index is 0.176. The molecule has 4 nitrogen and oxygen atoms in total. The largest absolute Gasteiger partial charge is 0.450 e. The highest BCUT2D eigenvalue weighted by Gasteiger charge is 2.28. The van der Waals surface area contributed by atoms with Crippen LogP contribution >= 0.6 is 15.9 Å². The predicted octanol–water partition coefficient (Wildman–Crippen LogP) is 3.81. The molecule has 0 aliphatic heterocycles. The number of hydrogen-bond acceptors (Lipinski definition) is 3. The molecule has 1 aromatic heterocycles. The summed E-state index contributed by atoms with van der Waals surface area (Å²) in [7, 11) is 1.39. The van der Waals surface area contributed by atoms with Gasteiger partial charge in [0.2, 0.25) is 0 Å². The number of nitrogens with one attached hydrogen (secondary N) is 1. The zero-order valence-electron chi connectivity index (χ0n) is 12.4. The third kappa shape index (κ3) is 5.24. The number of hydrogen-bond donors (Lipinski definition) is 1. The Labute approximate surface area is 139 Å². The second-order valence-electron chi connectivity index (χ2n) is 5.23. The van der Waals surface area contributed by atoms with Crippen molar-refractivity contribution in [3.63, 3.8) is 0 Å². The summed E-state index contributed by atoms with van der Waals surface area (Å²) < 4.78 is 42.8.